The summed E-state index contributed by atoms with van der Waals surface area (Å²) in [6.07, 6.45) is 6.65. The molecule has 0 N–H and O–H groups in total. The summed E-state index contributed by atoms with van der Waals surface area (Å²) in [6, 6.07) is 53.1. The quantitative estimate of drug-likeness (QED) is 0.137. The van der Waals surface area contributed by atoms with Crippen molar-refractivity contribution in [2.75, 3.05) is 4.90 Å². The van der Waals surface area contributed by atoms with Crippen LogP contribution in [0.1, 0.15) is 26.3 Å². The van der Waals surface area contributed by atoms with Gasteiger partial charge in [-0.05, 0) is 108 Å². The van der Waals surface area contributed by atoms with Gasteiger partial charge in [-0.3, -0.25) is 0 Å². The van der Waals surface area contributed by atoms with E-state index < -0.39 is 0 Å². The van der Waals surface area contributed by atoms with Crippen LogP contribution in [0.25, 0.3) is 56.3 Å². The van der Waals surface area contributed by atoms with Crippen LogP contribution in [-0.4, -0.2) is 10.2 Å². The topological polar surface area (TPSA) is 42.2 Å². The Kier molecular flexibility index (Phi) is 9.84. The van der Waals surface area contributed by atoms with E-state index in [2.05, 4.69) is 170 Å². The summed E-state index contributed by atoms with van der Waals surface area (Å²) in [5.41, 5.74) is 13.4. The van der Waals surface area contributed by atoms with Gasteiger partial charge >= 0.3 is 0 Å². The maximum absolute atomic E-state index is 6.02. The van der Waals surface area contributed by atoms with E-state index in [0.29, 0.717) is 17.7 Å². The van der Waals surface area contributed by atoms with Crippen LogP contribution in [0.5, 0.6) is 0 Å². The molecule has 0 fully saturated rings. The Morgan fingerprint density at radius 3 is 1.47 bits per heavy atom. The van der Waals surface area contributed by atoms with Crippen molar-refractivity contribution in [2.24, 2.45) is 5.92 Å². The van der Waals surface area contributed by atoms with Crippen molar-refractivity contribution in [1.29, 1.82) is 0 Å². The summed E-state index contributed by atoms with van der Waals surface area (Å²) >= 11 is 0. The van der Waals surface area contributed by atoms with Crippen molar-refractivity contribution in [2.45, 2.75) is 27.7 Å². The zero-order valence-corrected chi connectivity index (χ0v) is 29.5. The van der Waals surface area contributed by atoms with Gasteiger partial charge in [-0.15, -0.1) is 10.2 Å². The second-order valence-electron chi connectivity index (χ2n) is 13.0. The Morgan fingerprint density at radius 1 is 0.529 bits per heavy atom. The molecule has 0 radical (unpaired) electrons. The van der Waals surface area contributed by atoms with Gasteiger partial charge in [0.15, 0.2) is 0 Å². The zero-order chi connectivity index (χ0) is 35.2. The molecule has 7 rings (SSSR count). The van der Waals surface area contributed by atoms with Crippen LogP contribution in [0.4, 0.5) is 11.4 Å². The molecule has 250 valence electrons. The summed E-state index contributed by atoms with van der Waals surface area (Å²) in [7, 11) is 0. The van der Waals surface area contributed by atoms with Crippen molar-refractivity contribution in [3.05, 3.63) is 181 Å². The third-order valence-corrected chi connectivity index (χ3v) is 8.97. The highest BCUT2D eigenvalue weighted by Crippen LogP contribution is 2.40. The number of aromatic nitrogens is 2. The molecule has 0 aliphatic carbocycles. The first kappa shape index (κ1) is 33.2. The van der Waals surface area contributed by atoms with Gasteiger partial charge in [-0.2, -0.15) is 0 Å². The van der Waals surface area contributed by atoms with Crippen LogP contribution >= 0.6 is 0 Å². The van der Waals surface area contributed by atoms with Gasteiger partial charge in [-0.25, -0.2) is 0 Å². The summed E-state index contributed by atoms with van der Waals surface area (Å²) < 4.78 is 6.02. The lowest BCUT2D eigenvalue weighted by Crippen LogP contribution is -2.15. The van der Waals surface area contributed by atoms with Crippen molar-refractivity contribution < 1.29 is 4.42 Å². The first-order valence-electron chi connectivity index (χ1n) is 17.5. The predicted octanol–water partition coefficient (Wildman–Crippen LogP) is 13.0. The summed E-state index contributed by atoms with van der Waals surface area (Å²) in [5.74, 6) is 1.47. The normalized spacial score (nSPS) is 11.7. The molecule has 0 bridgehead atoms. The molecule has 0 saturated carbocycles. The van der Waals surface area contributed by atoms with Crippen LogP contribution < -0.4 is 4.90 Å². The Bertz CT molecular complexity index is 2280. The number of hydrogen-bond donors (Lipinski definition) is 0. The number of anilines is 2. The lowest BCUT2D eigenvalue weighted by Gasteiger charge is -2.27. The molecule has 0 aliphatic heterocycles. The lowest BCUT2D eigenvalue weighted by molar-refractivity contribution is 0.584. The fraction of sp³-hybridized carbons (Fsp3) is 0.106. The maximum atomic E-state index is 6.02. The van der Waals surface area contributed by atoms with Crippen molar-refractivity contribution in [1.82, 2.24) is 10.2 Å². The Labute approximate surface area is 301 Å². The average molecular weight is 664 g/mol. The molecule has 0 amide bonds. The molecule has 1 aromatic heterocycles. The van der Waals surface area contributed by atoms with Crippen LogP contribution in [0, 0.1) is 12.8 Å². The van der Waals surface area contributed by atoms with E-state index in [0.717, 1.165) is 44.9 Å². The van der Waals surface area contributed by atoms with Crippen molar-refractivity contribution in [3.63, 3.8) is 0 Å². The van der Waals surface area contributed by atoms with E-state index in [4.69, 9.17) is 4.42 Å². The monoisotopic (exact) mass is 663 g/mol. The minimum absolute atomic E-state index is 0.456. The molecule has 6 aromatic carbocycles. The van der Waals surface area contributed by atoms with E-state index >= 15 is 0 Å². The van der Waals surface area contributed by atoms with Gasteiger partial charge in [-0.1, -0.05) is 135 Å². The fourth-order valence-electron chi connectivity index (χ4n) is 6.29. The number of nitrogens with zero attached hydrogens (tertiary/aromatic N) is 3. The van der Waals surface area contributed by atoms with Crippen molar-refractivity contribution in [3.8, 4) is 56.3 Å². The lowest BCUT2D eigenvalue weighted by atomic mass is 9.89. The highest BCUT2D eigenvalue weighted by Gasteiger charge is 2.16. The summed E-state index contributed by atoms with van der Waals surface area (Å²) in [5, 5.41) is 8.59. The molecule has 0 spiro atoms. The third-order valence-electron chi connectivity index (χ3n) is 8.97. The van der Waals surface area contributed by atoms with E-state index in [1.54, 1.807) is 0 Å². The molecular weight excluding hydrogens is 623 g/mol. The Morgan fingerprint density at radius 2 is 0.961 bits per heavy atom. The smallest absolute Gasteiger partial charge is 0.248 e. The second kappa shape index (κ2) is 15.1. The Hall–Kier alpha value is -6.26. The van der Waals surface area contributed by atoms with E-state index in [-0.39, 0.29) is 0 Å². The molecule has 4 nitrogen and oxygen atoms in total. The van der Waals surface area contributed by atoms with Gasteiger partial charge in [0.2, 0.25) is 11.8 Å². The van der Waals surface area contributed by atoms with Gasteiger partial charge in [0.1, 0.15) is 0 Å². The fourth-order valence-corrected chi connectivity index (χ4v) is 6.29. The molecule has 0 aliphatic rings. The number of aryl methyl sites for hydroxylation is 1. The largest absolute Gasteiger partial charge is 0.416 e. The molecular formula is C47H41N3O. The first-order valence-corrected chi connectivity index (χ1v) is 17.5. The number of benzene rings is 6. The summed E-state index contributed by atoms with van der Waals surface area (Å²) in [4.78, 5) is 2.32. The van der Waals surface area contributed by atoms with Crippen molar-refractivity contribution >= 4 is 11.4 Å². The molecule has 51 heavy (non-hydrogen) atoms. The van der Waals surface area contributed by atoms with Gasteiger partial charge in [0.25, 0.3) is 0 Å². The molecule has 7 aromatic rings. The molecule has 4 heteroatoms. The Balaban J connectivity index is 1.21. The minimum Gasteiger partial charge on any atom is -0.416 e. The molecule has 0 atom stereocenters. The summed E-state index contributed by atoms with van der Waals surface area (Å²) in [6.45, 7) is 8.64. The van der Waals surface area contributed by atoms with Gasteiger partial charge < -0.3 is 9.32 Å². The second-order valence-corrected chi connectivity index (χ2v) is 13.0. The minimum atomic E-state index is 0.456. The van der Waals surface area contributed by atoms with Crippen LogP contribution in [0.2, 0.25) is 0 Å². The average Bonchev–Trinajstić information content (AvgIpc) is 3.68. The highest BCUT2D eigenvalue weighted by molar-refractivity contribution is 5.92. The third kappa shape index (κ3) is 7.36. The predicted molar refractivity (Wildman–Crippen MR) is 213 cm³/mol. The zero-order valence-electron chi connectivity index (χ0n) is 29.5. The van der Waals surface area contributed by atoms with Gasteiger partial charge in [0, 0.05) is 28.2 Å². The first-order chi connectivity index (χ1) is 25.0. The molecule has 0 saturated heterocycles. The van der Waals surface area contributed by atoms with E-state index in [9.17, 15) is 0 Å². The number of hydrogen-bond acceptors (Lipinski definition) is 4. The van der Waals surface area contributed by atoms with Crippen LogP contribution in [-0.2, 0) is 0 Å². The van der Waals surface area contributed by atoms with Crippen LogP contribution in [0.15, 0.2) is 180 Å². The maximum Gasteiger partial charge on any atom is 0.248 e. The van der Waals surface area contributed by atoms with E-state index in [1.165, 1.54) is 22.3 Å². The standard InChI is InChI=1S/C47H41N3O/c1-5-39(28-19-33(2)3)50(40-29-20-34(4)21-30-40)41-31-26-36(27-32-41)43-16-10-12-18-45(43)44-17-11-9-15-42(44)35-22-24-38(25-23-35)47-49-48-46(51-47)37-13-7-6-8-14-37/h5-33H,1-4H3/b28-19-,39-5+. The molecule has 0 unspecified atom stereocenters. The highest BCUT2D eigenvalue weighted by atomic mass is 16.4. The number of rotatable bonds is 10. The number of allylic oxidation sites excluding steroid dienone is 3. The molecule has 1 heterocycles. The SMILES string of the molecule is C/C=C(\C=C/C(C)C)N(c1ccc(C)cc1)c1ccc(-c2ccccc2-c2ccccc2-c2ccc(-c3nnc(-c4ccccc4)o3)cc2)cc1. The van der Waals surface area contributed by atoms with Crippen LogP contribution in [0.3, 0.4) is 0 Å². The van der Waals surface area contributed by atoms with E-state index in [1.807, 2.05) is 42.5 Å². The van der Waals surface area contributed by atoms with Gasteiger partial charge in [0.05, 0.1) is 0 Å².